The molecule has 0 aliphatic carbocycles. The SMILES string of the molecule is CCN(Cc1ccccn1)c1ccc(C=O)cc1[N+](=O)[O-]. The van der Waals surface area contributed by atoms with Crippen molar-refractivity contribution in [2.45, 2.75) is 13.5 Å². The number of benzene rings is 1. The second-order valence-corrected chi connectivity index (χ2v) is 4.46. The van der Waals surface area contributed by atoms with Gasteiger partial charge < -0.3 is 4.90 Å². The molecule has 1 aromatic heterocycles. The number of pyridine rings is 1. The maximum atomic E-state index is 11.2. The molecule has 21 heavy (non-hydrogen) atoms. The molecule has 108 valence electrons. The van der Waals surface area contributed by atoms with Gasteiger partial charge in [-0.15, -0.1) is 0 Å². The van der Waals surface area contributed by atoms with Crippen molar-refractivity contribution in [2.75, 3.05) is 11.4 Å². The minimum absolute atomic E-state index is 0.0719. The average Bonchev–Trinajstić information content (AvgIpc) is 2.53. The largest absolute Gasteiger partial charge is 0.360 e. The van der Waals surface area contributed by atoms with Crippen LogP contribution < -0.4 is 4.90 Å². The number of carbonyl (C=O) groups is 1. The van der Waals surface area contributed by atoms with E-state index < -0.39 is 4.92 Å². The fourth-order valence-electron chi connectivity index (χ4n) is 2.08. The number of anilines is 1. The fourth-order valence-corrected chi connectivity index (χ4v) is 2.08. The first-order valence-electron chi connectivity index (χ1n) is 6.54. The number of carbonyl (C=O) groups excluding carboxylic acids is 1. The molecule has 6 nitrogen and oxygen atoms in total. The first-order chi connectivity index (χ1) is 10.2. The summed E-state index contributed by atoms with van der Waals surface area (Å²) in [6.45, 7) is 2.98. The van der Waals surface area contributed by atoms with Crippen LogP contribution >= 0.6 is 0 Å². The van der Waals surface area contributed by atoms with Gasteiger partial charge in [0.15, 0.2) is 0 Å². The first kappa shape index (κ1) is 14.6. The number of aldehydes is 1. The Morgan fingerprint density at radius 3 is 2.71 bits per heavy atom. The summed E-state index contributed by atoms with van der Waals surface area (Å²) in [7, 11) is 0. The van der Waals surface area contributed by atoms with E-state index in [4.69, 9.17) is 0 Å². The molecule has 6 heteroatoms. The Hall–Kier alpha value is -2.76. The third-order valence-electron chi connectivity index (χ3n) is 3.13. The van der Waals surface area contributed by atoms with Crippen LogP contribution in [0.2, 0.25) is 0 Å². The van der Waals surface area contributed by atoms with E-state index in [1.807, 2.05) is 30.0 Å². The Morgan fingerprint density at radius 2 is 2.14 bits per heavy atom. The molecule has 0 aliphatic rings. The Bertz CT molecular complexity index is 644. The normalized spacial score (nSPS) is 10.1. The summed E-state index contributed by atoms with van der Waals surface area (Å²) in [5.41, 5.74) is 1.53. The lowest BCUT2D eigenvalue weighted by Crippen LogP contribution is -2.23. The topological polar surface area (TPSA) is 76.3 Å². The van der Waals surface area contributed by atoms with Gasteiger partial charge in [-0.05, 0) is 31.2 Å². The van der Waals surface area contributed by atoms with E-state index in [0.29, 0.717) is 30.6 Å². The van der Waals surface area contributed by atoms with Crippen molar-refractivity contribution in [1.29, 1.82) is 0 Å². The lowest BCUT2D eigenvalue weighted by Gasteiger charge is -2.22. The highest BCUT2D eigenvalue weighted by Gasteiger charge is 2.19. The second kappa shape index (κ2) is 6.60. The predicted molar refractivity (Wildman–Crippen MR) is 79.4 cm³/mol. The van der Waals surface area contributed by atoms with E-state index >= 15 is 0 Å². The molecule has 0 fully saturated rings. The Kier molecular flexibility index (Phi) is 4.61. The van der Waals surface area contributed by atoms with Crippen LogP contribution in [0.1, 0.15) is 23.0 Å². The second-order valence-electron chi connectivity index (χ2n) is 4.46. The molecule has 0 unspecified atom stereocenters. The molecule has 0 N–H and O–H groups in total. The number of nitrogens with zero attached hydrogens (tertiary/aromatic N) is 3. The minimum Gasteiger partial charge on any atom is -0.360 e. The van der Waals surface area contributed by atoms with Crippen LogP contribution in [-0.4, -0.2) is 22.7 Å². The van der Waals surface area contributed by atoms with Crippen LogP contribution in [0.3, 0.4) is 0 Å². The van der Waals surface area contributed by atoms with Gasteiger partial charge in [0, 0.05) is 24.4 Å². The summed E-state index contributed by atoms with van der Waals surface area (Å²) in [6.07, 6.45) is 2.29. The maximum absolute atomic E-state index is 11.2. The number of aromatic nitrogens is 1. The summed E-state index contributed by atoms with van der Waals surface area (Å²) in [5.74, 6) is 0. The van der Waals surface area contributed by atoms with Crippen molar-refractivity contribution >= 4 is 17.7 Å². The van der Waals surface area contributed by atoms with Gasteiger partial charge in [-0.1, -0.05) is 6.07 Å². The van der Waals surface area contributed by atoms with Gasteiger partial charge in [-0.25, -0.2) is 0 Å². The Balaban J connectivity index is 2.37. The van der Waals surface area contributed by atoms with Gasteiger partial charge in [0.2, 0.25) is 0 Å². The van der Waals surface area contributed by atoms with Crippen molar-refractivity contribution < 1.29 is 9.72 Å². The Morgan fingerprint density at radius 1 is 1.33 bits per heavy atom. The molecule has 2 aromatic rings. The van der Waals surface area contributed by atoms with E-state index in [1.54, 1.807) is 18.3 Å². The Labute approximate surface area is 122 Å². The molecule has 0 saturated carbocycles. The van der Waals surface area contributed by atoms with Crippen LogP contribution in [0.15, 0.2) is 42.6 Å². The highest BCUT2D eigenvalue weighted by molar-refractivity contribution is 5.79. The summed E-state index contributed by atoms with van der Waals surface area (Å²) in [6, 6.07) is 10.0. The third kappa shape index (κ3) is 3.42. The molecule has 1 heterocycles. The zero-order valence-electron chi connectivity index (χ0n) is 11.6. The van der Waals surface area contributed by atoms with Crippen LogP contribution in [0.4, 0.5) is 11.4 Å². The van der Waals surface area contributed by atoms with Crippen molar-refractivity contribution in [2.24, 2.45) is 0 Å². The maximum Gasteiger partial charge on any atom is 0.293 e. The smallest absolute Gasteiger partial charge is 0.293 e. The van der Waals surface area contributed by atoms with Gasteiger partial charge in [0.1, 0.15) is 12.0 Å². The highest BCUT2D eigenvalue weighted by atomic mass is 16.6. The van der Waals surface area contributed by atoms with E-state index in [2.05, 4.69) is 4.98 Å². The summed E-state index contributed by atoms with van der Waals surface area (Å²) in [5, 5.41) is 11.2. The quantitative estimate of drug-likeness (QED) is 0.463. The number of rotatable bonds is 6. The number of hydrogen-bond acceptors (Lipinski definition) is 5. The van der Waals surface area contributed by atoms with Gasteiger partial charge in [0.05, 0.1) is 17.2 Å². The summed E-state index contributed by atoms with van der Waals surface area (Å²) in [4.78, 5) is 27.6. The molecule has 1 aromatic carbocycles. The van der Waals surface area contributed by atoms with E-state index in [1.165, 1.54) is 6.07 Å². The number of nitro groups is 1. The van der Waals surface area contributed by atoms with E-state index in [9.17, 15) is 14.9 Å². The average molecular weight is 285 g/mol. The number of nitro benzene ring substituents is 1. The molecule has 0 atom stereocenters. The highest BCUT2D eigenvalue weighted by Crippen LogP contribution is 2.29. The van der Waals surface area contributed by atoms with Crippen molar-refractivity contribution in [1.82, 2.24) is 4.98 Å². The number of hydrogen-bond donors (Lipinski definition) is 0. The zero-order chi connectivity index (χ0) is 15.2. The fraction of sp³-hybridized carbons (Fsp3) is 0.200. The van der Waals surface area contributed by atoms with Crippen LogP contribution in [0.5, 0.6) is 0 Å². The van der Waals surface area contributed by atoms with Crippen LogP contribution in [0.25, 0.3) is 0 Å². The van der Waals surface area contributed by atoms with E-state index in [0.717, 1.165) is 5.69 Å². The van der Waals surface area contributed by atoms with Gasteiger partial charge in [-0.2, -0.15) is 0 Å². The van der Waals surface area contributed by atoms with Gasteiger partial charge in [-0.3, -0.25) is 19.9 Å². The van der Waals surface area contributed by atoms with Crippen molar-refractivity contribution in [3.63, 3.8) is 0 Å². The standard InChI is InChI=1S/C15H15N3O3/c1-2-17(10-13-5-3-4-8-16-13)14-7-6-12(11-19)9-15(14)18(20)21/h3-9,11H,2,10H2,1H3. The summed E-state index contributed by atoms with van der Waals surface area (Å²) >= 11 is 0. The molecule has 0 bridgehead atoms. The third-order valence-corrected chi connectivity index (χ3v) is 3.13. The predicted octanol–water partition coefficient (Wildman–Crippen LogP) is 2.83. The molecular formula is C15H15N3O3. The molecule has 2 rings (SSSR count). The molecule has 0 radical (unpaired) electrons. The molecular weight excluding hydrogens is 270 g/mol. The van der Waals surface area contributed by atoms with E-state index in [-0.39, 0.29) is 5.69 Å². The zero-order valence-corrected chi connectivity index (χ0v) is 11.6. The monoisotopic (exact) mass is 285 g/mol. The molecule has 0 amide bonds. The lowest BCUT2D eigenvalue weighted by atomic mass is 10.1. The molecule has 0 spiro atoms. The van der Waals surface area contributed by atoms with Crippen molar-refractivity contribution in [3.8, 4) is 0 Å². The molecule has 0 aliphatic heterocycles. The van der Waals surface area contributed by atoms with Gasteiger partial charge in [0.25, 0.3) is 5.69 Å². The van der Waals surface area contributed by atoms with Crippen LogP contribution in [0, 0.1) is 10.1 Å². The summed E-state index contributed by atoms with van der Waals surface area (Å²) < 4.78 is 0. The minimum atomic E-state index is -0.469. The first-order valence-corrected chi connectivity index (χ1v) is 6.54. The molecule has 0 saturated heterocycles. The van der Waals surface area contributed by atoms with Gasteiger partial charge >= 0.3 is 0 Å². The van der Waals surface area contributed by atoms with Crippen molar-refractivity contribution in [3.05, 3.63) is 64.0 Å². The lowest BCUT2D eigenvalue weighted by molar-refractivity contribution is -0.384. The van der Waals surface area contributed by atoms with Crippen LogP contribution in [-0.2, 0) is 6.54 Å².